The molecule has 1 rings (SSSR count). The summed E-state index contributed by atoms with van der Waals surface area (Å²) in [5.74, 6) is -0.329. The molecule has 0 aliphatic heterocycles. The molecular formula is C9H13ClN2O3. The first-order chi connectivity index (χ1) is 7.06. The highest BCUT2D eigenvalue weighted by molar-refractivity contribution is 6.28. The van der Waals surface area contributed by atoms with Gasteiger partial charge >= 0.3 is 6.09 Å². The molecule has 1 saturated carbocycles. The number of halogens is 1. The van der Waals surface area contributed by atoms with Crippen LogP contribution in [0.2, 0.25) is 0 Å². The van der Waals surface area contributed by atoms with Gasteiger partial charge in [0.05, 0.1) is 5.71 Å². The molecule has 0 saturated heterocycles. The predicted molar refractivity (Wildman–Crippen MR) is 55.8 cm³/mol. The zero-order valence-electron chi connectivity index (χ0n) is 8.70. The van der Waals surface area contributed by atoms with Crippen LogP contribution in [0.15, 0.2) is 5.16 Å². The Morgan fingerprint density at radius 2 is 2.13 bits per heavy atom. The standard InChI is InChI=1S/C9H13ClN2O3/c1-6(7-3-4-7)11-15-9(14)12(2)8(13)5-10/h7H,3-5H2,1-2H3. The summed E-state index contributed by atoms with van der Waals surface area (Å²) in [6.07, 6.45) is 1.37. The maximum atomic E-state index is 11.2. The van der Waals surface area contributed by atoms with Gasteiger partial charge in [-0.1, -0.05) is 5.16 Å². The van der Waals surface area contributed by atoms with E-state index in [-0.39, 0.29) is 5.88 Å². The van der Waals surface area contributed by atoms with Crippen LogP contribution in [0, 0.1) is 5.92 Å². The van der Waals surface area contributed by atoms with Crippen molar-refractivity contribution < 1.29 is 14.4 Å². The van der Waals surface area contributed by atoms with Crippen LogP contribution in [0.1, 0.15) is 19.8 Å². The van der Waals surface area contributed by atoms with Crippen LogP contribution in [-0.2, 0) is 9.63 Å². The van der Waals surface area contributed by atoms with Gasteiger partial charge in [0, 0.05) is 13.0 Å². The van der Waals surface area contributed by atoms with E-state index in [1.54, 1.807) is 6.92 Å². The minimum atomic E-state index is -0.805. The van der Waals surface area contributed by atoms with Crippen LogP contribution in [0.5, 0.6) is 0 Å². The van der Waals surface area contributed by atoms with Gasteiger partial charge in [-0.15, -0.1) is 11.6 Å². The fourth-order valence-electron chi connectivity index (χ4n) is 0.939. The van der Waals surface area contributed by atoms with Crippen molar-refractivity contribution in [1.82, 2.24) is 4.90 Å². The smallest absolute Gasteiger partial charge is 0.298 e. The van der Waals surface area contributed by atoms with Crippen LogP contribution in [-0.4, -0.2) is 35.5 Å². The third-order valence-corrected chi connectivity index (χ3v) is 2.43. The van der Waals surface area contributed by atoms with Crippen molar-refractivity contribution in [2.24, 2.45) is 11.1 Å². The van der Waals surface area contributed by atoms with Gasteiger partial charge in [0.1, 0.15) is 5.88 Å². The number of hydrogen-bond acceptors (Lipinski definition) is 4. The summed E-state index contributed by atoms with van der Waals surface area (Å²) < 4.78 is 0. The first-order valence-electron chi connectivity index (χ1n) is 4.64. The van der Waals surface area contributed by atoms with Crippen LogP contribution < -0.4 is 0 Å². The molecule has 1 fully saturated rings. The summed E-state index contributed by atoms with van der Waals surface area (Å²) in [4.78, 5) is 27.6. The molecule has 0 aromatic heterocycles. The van der Waals surface area contributed by atoms with Crippen molar-refractivity contribution in [3.63, 3.8) is 0 Å². The molecule has 0 heterocycles. The van der Waals surface area contributed by atoms with Crippen molar-refractivity contribution in [3.05, 3.63) is 0 Å². The van der Waals surface area contributed by atoms with Gasteiger partial charge in [0.25, 0.3) is 0 Å². The van der Waals surface area contributed by atoms with Crippen molar-refractivity contribution >= 4 is 29.3 Å². The SMILES string of the molecule is CC(=NOC(=O)N(C)C(=O)CCl)C1CC1. The van der Waals surface area contributed by atoms with Crippen molar-refractivity contribution in [2.45, 2.75) is 19.8 Å². The second-order valence-electron chi connectivity index (χ2n) is 3.45. The summed E-state index contributed by atoms with van der Waals surface area (Å²) in [7, 11) is 1.30. The van der Waals surface area contributed by atoms with Gasteiger partial charge in [0.2, 0.25) is 5.91 Å². The lowest BCUT2D eigenvalue weighted by molar-refractivity contribution is -0.125. The molecule has 1 aliphatic carbocycles. The lowest BCUT2D eigenvalue weighted by atomic mass is 10.3. The minimum absolute atomic E-state index is 0.253. The summed E-state index contributed by atoms with van der Waals surface area (Å²) >= 11 is 5.28. The van der Waals surface area contributed by atoms with Crippen molar-refractivity contribution in [1.29, 1.82) is 0 Å². The monoisotopic (exact) mass is 232 g/mol. The van der Waals surface area contributed by atoms with E-state index in [1.165, 1.54) is 7.05 Å². The predicted octanol–water partition coefficient (Wildman–Crippen LogP) is 1.61. The molecule has 0 N–H and O–H groups in total. The van der Waals surface area contributed by atoms with E-state index in [9.17, 15) is 9.59 Å². The Morgan fingerprint density at radius 3 is 2.60 bits per heavy atom. The van der Waals surface area contributed by atoms with E-state index < -0.39 is 12.0 Å². The molecule has 0 spiro atoms. The molecule has 15 heavy (non-hydrogen) atoms. The normalized spacial score (nSPS) is 16.1. The van der Waals surface area contributed by atoms with Crippen molar-refractivity contribution in [3.8, 4) is 0 Å². The van der Waals surface area contributed by atoms with Crippen LogP contribution in [0.4, 0.5) is 4.79 Å². The fourth-order valence-corrected chi connectivity index (χ4v) is 1.12. The first kappa shape index (κ1) is 12.0. The highest BCUT2D eigenvalue weighted by Gasteiger charge is 2.25. The zero-order chi connectivity index (χ0) is 11.4. The lowest BCUT2D eigenvalue weighted by Gasteiger charge is -2.10. The van der Waals surface area contributed by atoms with Gasteiger partial charge in [-0.25, -0.2) is 9.69 Å². The molecule has 0 aromatic rings. The van der Waals surface area contributed by atoms with Crippen molar-refractivity contribution in [2.75, 3.05) is 12.9 Å². The number of alkyl halides is 1. The number of carbonyl (C=O) groups excluding carboxylic acids is 2. The highest BCUT2D eigenvalue weighted by atomic mass is 35.5. The second-order valence-corrected chi connectivity index (χ2v) is 3.72. The summed E-state index contributed by atoms with van der Waals surface area (Å²) in [6.45, 7) is 1.80. The first-order valence-corrected chi connectivity index (χ1v) is 5.17. The summed E-state index contributed by atoms with van der Waals surface area (Å²) in [6, 6.07) is 0. The average molecular weight is 233 g/mol. The third-order valence-electron chi connectivity index (χ3n) is 2.20. The second kappa shape index (κ2) is 5.11. The Kier molecular flexibility index (Phi) is 4.08. The number of oxime groups is 1. The maximum Gasteiger partial charge on any atom is 0.442 e. The van der Waals surface area contributed by atoms with Crippen LogP contribution in [0.25, 0.3) is 0 Å². The van der Waals surface area contributed by atoms with Gasteiger partial charge in [-0.3, -0.25) is 9.63 Å². The number of amides is 2. The summed E-state index contributed by atoms with van der Waals surface area (Å²) in [5, 5.41) is 3.65. The Hall–Kier alpha value is -1.10. The molecule has 6 heteroatoms. The molecule has 5 nitrogen and oxygen atoms in total. The zero-order valence-corrected chi connectivity index (χ0v) is 9.45. The van der Waals surface area contributed by atoms with E-state index in [4.69, 9.17) is 11.6 Å². The van der Waals surface area contributed by atoms with E-state index >= 15 is 0 Å². The Balaban J connectivity index is 2.40. The number of rotatable bonds is 3. The fraction of sp³-hybridized carbons (Fsp3) is 0.667. The molecular weight excluding hydrogens is 220 g/mol. The van der Waals surface area contributed by atoms with Gasteiger partial charge in [-0.05, 0) is 19.8 Å². The van der Waals surface area contributed by atoms with Gasteiger partial charge < -0.3 is 0 Å². The minimum Gasteiger partial charge on any atom is -0.298 e. The number of hydrogen-bond donors (Lipinski definition) is 0. The molecule has 1 aliphatic rings. The molecule has 0 atom stereocenters. The third kappa shape index (κ3) is 3.51. The summed E-state index contributed by atoms with van der Waals surface area (Å²) in [5.41, 5.74) is 0.787. The van der Waals surface area contributed by atoms with E-state index in [1.807, 2.05) is 0 Å². The molecule has 0 radical (unpaired) electrons. The molecule has 0 bridgehead atoms. The van der Waals surface area contributed by atoms with E-state index in [2.05, 4.69) is 9.99 Å². The van der Waals surface area contributed by atoms with Crippen LogP contribution in [0.3, 0.4) is 0 Å². The topological polar surface area (TPSA) is 59.0 Å². The average Bonchev–Trinajstić information content (AvgIpc) is 3.06. The maximum absolute atomic E-state index is 11.2. The molecule has 0 unspecified atom stereocenters. The van der Waals surface area contributed by atoms with Gasteiger partial charge in [0.15, 0.2) is 0 Å². The Morgan fingerprint density at radius 1 is 1.53 bits per heavy atom. The van der Waals surface area contributed by atoms with Gasteiger partial charge in [-0.2, -0.15) is 0 Å². The number of carbonyl (C=O) groups is 2. The largest absolute Gasteiger partial charge is 0.442 e. The molecule has 84 valence electrons. The molecule has 2 amide bonds. The highest BCUT2D eigenvalue weighted by Crippen LogP contribution is 2.30. The Labute approximate surface area is 93.0 Å². The Bertz CT molecular complexity index is 300. The lowest BCUT2D eigenvalue weighted by Crippen LogP contribution is -2.33. The number of imide groups is 1. The number of nitrogens with zero attached hydrogens (tertiary/aromatic N) is 2. The van der Waals surface area contributed by atoms with E-state index in [0.717, 1.165) is 23.5 Å². The van der Waals surface area contributed by atoms with E-state index in [0.29, 0.717) is 5.92 Å². The quantitative estimate of drug-likeness (QED) is 0.321. The molecule has 0 aromatic carbocycles. The van der Waals surface area contributed by atoms with Crippen LogP contribution >= 0.6 is 11.6 Å².